The fourth-order valence-electron chi connectivity index (χ4n) is 6.21. The molecule has 4 heterocycles. The Bertz CT molecular complexity index is 1450. The Morgan fingerprint density at radius 3 is 2.82 bits per heavy atom. The molecule has 2 aliphatic heterocycles. The Hall–Kier alpha value is -3.60. The van der Waals surface area contributed by atoms with Crippen LogP contribution in [0, 0.1) is 0 Å². The molecule has 200 valence electrons. The van der Waals surface area contributed by atoms with Crippen molar-refractivity contribution in [3.05, 3.63) is 77.7 Å². The Morgan fingerprint density at radius 1 is 1.18 bits per heavy atom. The molecular weight excluding hydrogens is 512 g/mol. The van der Waals surface area contributed by atoms with Gasteiger partial charge in [-0.2, -0.15) is 0 Å². The molecule has 1 spiro atoms. The van der Waals surface area contributed by atoms with E-state index < -0.39 is 11.1 Å². The number of hydrogen-bond acceptors (Lipinski definition) is 8. The maximum absolute atomic E-state index is 13.1. The lowest BCUT2D eigenvalue weighted by Crippen LogP contribution is -2.60. The highest BCUT2D eigenvalue weighted by molar-refractivity contribution is 7.80. The van der Waals surface area contributed by atoms with Crippen LogP contribution in [0.25, 0.3) is 0 Å². The van der Waals surface area contributed by atoms with Crippen molar-refractivity contribution >= 4 is 34.6 Å². The number of methoxy groups -OCH3 is 1. The number of hydrogen-bond donors (Lipinski definition) is 3. The van der Waals surface area contributed by atoms with Gasteiger partial charge in [0, 0.05) is 38.4 Å². The van der Waals surface area contributed by atoms with Gasteiger partial charge in [0.15, 0.2) is 23.4 Å². The van der Waals surface area contributed by atoms with Crippen molar-refractivity contribution in [1.82, 2.24) is 20.2 Å². The standard InChI is InChI=1S/C29H30N6O3S/c1-37-26(28(9-10-28)35-17-22(32-16-24(35)36)18-6-3-2-4-7-18)33-20-12-19-13-29(14-21(19)31-15-20)27(39)34-25-23(38-29)8-5-11-30-25/h2-8,11-12,15,22,26,32-33H,9-10,13-14,16-17H2,1H3,(H,30,34,39). The van der Waals surface area contributed by atoms with Crippen molar-refractivity contribution in [2.75, 3.05) is 30.8 Å². The Morgan fingerprint density at radius 2 is 2.03 bits per heavy atom. The summed E-state index contributed by atoms with van der Waals surface area (Å²) in [5.74, 6) is 1.44. The molecule has 0 radical (unpaired) electrons. The number of rotatable bonds is 6. The number of ether oxygens (including phenoxy) is 2. The first-order valence-electron chi connectivity index (χ1n) is 13.3. The van der Waals surface area contributed by atoms with Crippen molar-refractivity contribution in [1.29, 1.82) is 0 Å². The molecule has 39 heavy (non-hydrogen) atoms. The summed E-state index contributed by atoms with van der Waals surface area (Å²) in [5.41, 5.74) is 3.02. The molecule has 3 N–H and O–H groups in total. The monoisotopic (exact) mass is 542 g/mol. The van der Waals surface area contributed by atoms with Crippen LogP contribution in [0.15, 0.2) is 60.9 Å². The topological polar surface area (TPSA) is 101 Å². The summed E-state index contributed by atoms with van der Waals surface area (Å²) in [4.78, 5) is 24.9. The summed E-state index contributed by atoms with van der Waals surface area (Å²) in [6.45, 7) is 0.917. The van der Waals surface area contributed by atoms with Crippen LogP contribution in [-0.4, -0.2) is 63.3 Å². The predicted octanol–water partition coefficient (Wildman–Crippen LogP) is 3.24. The second-order valence-electron chi connectivity index (χ2n) is 10.8. The molecule has 1 saturated carbocycles. The third-order valence-corrected chi connectivity index (χ3v) is 8.87. The Labute approximate surface area is 232 Å². The highest BCUT2D eigenvalue weighted by atomic mass is 32.1. The largest absolute Gasteiger partial charge is 0.475 e. The molecule has 7 rings (SSSR count). The summed E-state index contributed by atoms with van der Waals surface area (Å²) in [6, 6.07) is 16.2. The van der Waals surface area contributed by atoms with Gasteiger partial charge in [-0.25, -0.2) is 4.98 Å². The predicted molar refractivity (Wildman–Crippen MR) is 151 cm³/mol. The van der Waals surface area contributed by atoms with Gasteiger partial charge < -0.3 is 25.0 Å². The van der Waals surface area contributed by atoms with E-state index in [4.69, 9.17) is 26.7 Å². The zero-order valence-electron chi connectivity index (χ0n) is 21.6. The summed E-state index contributed by atoms with van der Waals surface area (Å²) < 4.78 is 12.4. The molecule has 2 fully saturated rings. The third-order valence-electron chi connectivity index (χ3n) is 8.40. The third kappa shape index (κ3) is 4.14. The first-order chi connectivity index (χ1) is 19.0. The number of nitrogens with one attached hydrogen (secondary N) is 3. The molecule has 10 heteroatoms. The van der Waals surface area contributed by atoms with Gasteiger partial charge in [-0.05, 0) is 42.2 Å². The molecule has 1 aromatic carbocycles. The van der Waals surface area contributed by atoms with E-state index in [0.717, 1.165) is 29.8 Å². The fraction of sp³-hybridized carbons (Fsp3) is 0.379. The van der Waals surface area contributed by atoms with E-state index in [1.807, 2.05) is 41.4 Å². The number of anilines is 2. The number of pyridine rings is 2. The van der Waals surface area contributed by atoms with Crippen LogP contribution in [0.5, 0.6) is 5.75 Å². The van der Waals surface area contributed by atoms with E-state index in [1.54, 1.807) is 13.3 Å². The number of carbonyl (C=O) groups excluding carboxylic acids is 1. The van der Waals surface area contributed by atoms with Crippen LogP contribution in [0.2, 0.25) is 0 Å². The highest BCUT2D eigenvalue weighted by Gasteiger charge is 2.57. The van der Waals surface area contributed by atoms with Gasteiger partial charge in [0.1, 0.15) is 4.99 Å². The van der Waals surface area contributed by atoms with Crippen LogP contribution in [0.1, 0.15) is 35.7 Å². The molecule has 2 aromatic heterocycles. The first kappa shape index (κ1) is 24.4. The highest BCUT2D eigenvalue weighted by Crippen LogP contribution is 2.48. The lowest BCUT2D eigenvalue weighted by molar-refractivity contribution is -0.140. The summed E-state index contributed by atoms with van der Waals surface area (Å²) >= 11 is 5.73. The lowest BCUT2D eigenvalue weighted by Gasteiger charge is -2.42. The number of benzene rings is 1. The van der Waals surface area contributed by atoms with Crippen molar-refractivity contribution in [3.63, 3.8) is 0 Å². The van der Waals surface area contributed by atoms with Crippen LogP contribution in [0.3, 0.4) is 0 Å². The molecule has 1 amide bonds. The zero-order chi connectivity index (χ0) is 26.6. The molecule has 3 unspecified atom stereocenters. The number of thiocarbonyl (C=S) groups is 1. The molecule has 9 nitrogen and oxygen atoms in total. The number of nitrogens with zero attached hydrogens (tertiary/aromatic N) is 3. The second kappa shape index (κ2) is 9.25. The first-order valence-corrected chi connectivity index (χ1v) is 13.7. The quantitative estimate of drug-likeness (QED) is 0.320. The number of piperazine rings is 1. The van der Waals surface area contributed by atoms with E-state index in [2.05, 4.69) is 39.1 Å². The van der Waals surface area contributed by atoms with E-state index in [1.165, 1.54) is 5.56 Å². The zero-order valence-corrected chi connectivity index (χ0v) is 22.5. The van der Waals surface area contributed by atoms with Crippen LogP contribution in [-0.2, 0) is 22.4 Å². The van der Waals surface area contributed by atoms with Gasteiger partial charge in [-0.1, -0.05) is 42.5 Å². The molecule has 1 saturated heterocycles. The molecular formula is C29H30N6O3S. The smallest absolute Gasteiger partial charge is 0.237 e. The Kier molecular flexibility index (Phi) is 5.80. The van der Waals surface area contributed by atoms with Gasteiger partial charge in [0.05, 0.1) is 30.0 Å². The fourth-order valence-corrected chi connectivity index (χ4v) is 6.49. The minimum absolute atomic E-state index is 0.0880. The molecule has 3 atom stereocenters. The maximum atomic E-state index is 13.1. The number of aromatic nitrogens is 2. The van der Waals surface area contributed by atoms with Crippen molar-refractivity contribution < 1.29 is 14.3 Å². The number of amides is 1. The van der Waals surface area contributed by atoms with Crippen LogP contribution in [0.4, 0.5) is 11.5 Å². The minimum atomic E-state index is -0.669. The van der Waals surface area contributed by atoms with E-state index in [-0.39, 0.29) is 18.2 Å². The minimum Gasteiger partial charge on any atom is -0.475 e. The van der Waals surface area contributed by atoms with Gasteiger partial charge >= 0.3 is 0 Å². The second-order valence-corrected chi connectivity index (χ2v) is 11.2. The summed E-state index contributed by atoms with van der Waals surface area (Å²) in [5, 5.41) is 10.2. The van der Waals surface area contributed by atoms with Crippen LogP contribution >= 0.6 is 12.2 Å². The van der Waals surface area contributed by atoms with Gasteiger partial charge in [0.2, 0.25) is 5.91 Å². The van der Waals surface area contributed by atoms with E-state index in [9.17, 15) is 4.79 Å². The SMILES string of the molecule is COC(Nc1cnc2c(c1)CC1(C2)Oc2cccnc2NC1=S)C1(N2CC(c3ccccc3)NCC2=O)CC1. The molecule has 4 aliphatic rings. The maximum Gasteiger partial charge on any atom is 0.237 e. The van der Waals surface area contributed by atoms with E-state index >= 15 is 0 Å². The molecule has 3 aromatic rings. The van der Waals surface area contributed by atoms with E-state index in [0.29, 0.717) is 42.5 Å². The lowest BCUT2D eigenvalue weighted by atomic mass is 9.98. The van der Waals surface area contributed by atoms with Crippen molar-refractivity contribution in [2.24, 2.45) is 0 Å². The number of fused-ring (bicyclic) bond motifs is 2. The van der Waals surface area contributed by atoms with Crippen molar-refractivity contribution in [3.8, 4) is 5.75 Å². The van der Waals surface area contributed by atoms with Crippen LogP contribution < -0.4 is 20.7 Å². The van der Waals surface area contributed by atoms with Crippen molar-refractivity contribution in [2.45, 2.75) is 49.1 Å². The summed E-state index contributed by atoms with van der Waals surface area (Å²) in [6.07, 6.45) is 6.16. The average molecular weight is 543 g/mol. The number of carbonyl (C=O) groups is 1. The Balaban J connectivity index is 1.10. The molecule has 0 bridgehead atoms. The summed E-state index contributed by atoms with van der Waals surface area (Å²) in [7, 11) is 1.69. The normalized spacial score (nSPS) is 25.4. The molecule has 2 aliphatic carbocycles. The average Bonchev–Trinajstić information content (AvgIpc) is 3.68. The van der Waals surface area contributed by atoms with Gasteiger partial charge in [-0.3, -0.25) is 15.1 Å². The van der Waals surface area contributed by atoms with Gasteiger partial charge in [0.25, 0.3) is 0 Å². The van der Waals surface area contributed by atoms with Gasteiger partial charge in [-0.15, -0.1) is 0 Å².